The van der Waals surface area contributed by atoms with Gasteiger partial charge in [-0.2, -0.15) is 7.77 Å². The van der Waals surface area contributed by atoms with Gasteiger partial charge in [-0.3, -0.25) is 5.73 Å². The molecule has 28 heavy (non-hydrogen) atoms. The van der Waals surface area contributed by atoms with Crippen molar-refractivity contribution in [2.75, 3.05) is 24.9 Å². The molecule has 0 aromatic heterocycles. The van der Waals surface area contributed by atoms with Crippen molar-refractivity contribution in [1.82, 2.24) is 0 Å². The summed E-state index contributed by atoms with van der Waals surface area (Å²) in [6.45, 7) is 1.24. The van der Waals surface area contributed by atoms with Gasteiger partial charge in [0, 0.05) is 30.2 Å². The van der Waals surface area contributed by atoms with Crippen LogP contribution in [0.15, 0.2) is 23.1 Å². The van der Waals surface area contributed by atoms with Crippen LogP contribution in [-0.2, 0) is 14.6 Å². The molecule has 1 aromatic rings. The van der Waals surface area contributed by atoms with E-state index in [0.717, 1.165) is 18.4 Å². The highest BCUT2D eigenvalue weighted by molar-refractivity contribution is 8.24. The number of aliphatic carboxylic acids is 1. The van der Waals surface area contributed by atoms with Gasteiger partial charge in [0.2, 0.25) is 0 Å². The van der Waals surface area contributed by atoms with E-state index < -0.39 is 66.4 Å². The average Bonchev–Trinajstić information content (AvgIpc) is 2.50. The van der Waals surface area contributed by atoms with Crippen LogP contribution in [0.2, 0.25) is 0 Å². The minimum atomic E-state index is -4.42. The SMILES string of the molecule is CC(O)CCOc1c([C@H](CS(C)(F)F)[C@@](N)(F)C(=O)O)cccc1S(C)(=O)=O. The maximum Gasteiger partial charge on any atom is 0.357 e. The molecule has 1 rings (SSSR count). The maximum absolute atomic E-state index is 14.8. The summed E-state index contributed by atoms with van der Waals surface area (Å²) in [4.78, 5) is 10.9. The third-order valence-corrected chi connectivity index (χ3v) is 5.90. The lowest BCUT2D eigenvalue weighted by Crippen LogP contribution is -2.50. The Morgan fingerprint density at radius 2 is 1.89 bits per heavy atom. The summed E-state index contributed by atoms with van der Waals surface area (Å²) in [6, 6.07) is 3.40. The third kappa shape index (κ3) is 6.54. The van der Waals surface area contributed by atoms with Crippen LogP contribution in [0, 0.1) is 0 Å². The van der Waals surface area contributed by atoms with E-state index in [1.165, 1.54) is 13.0 Å². The first-order valence-corrected chi connectivity index (χ1v) is 12.0. The lowest BCUT2D eigenvalue weighted by Gasteiger charge is -2.31. The highest BCUT2D eigenvalue weighted by Crippen LogP contribution is 2.54. The van der Waals surface area contributed by atoms with Gasteiger partial charge in [-0.15, -0.1) is 0 Å². The van der Waals surface area contributed by atoms with Crippen LogP contribution in [0.25, 0.3) is 0 Å². The van der Waals surface area contributed by atoms with Gasteiger partial charge < -0.3 is 14.9 Å². The predicted octanol–water partition coefficient (Wildman–Crippen LogP) is 2.24. The molecule has 0 bridgehead atoms. The molecule has 0 spiro atoms. The van der Waals surface area contributed by atoms with Crippen molar-refractivity contribution in [2.24, 2.45) is 5.73 Å². The van der Waals surface area contributed by atoms with E-state index >= 15 is 0 Å². The van der Waals surface area contributed by atoms with E-state index in [0.29, 0.717) is 6.26 Å². The van der Waals surface area contributed by atoms with Crippen LogP contribution in [0.1, 0.15) is 24.8 Å². The largest absolute Gasteiger partial charge is 0.492 e. The maximum atomic E-state index is 14.8. The van der Waals surface area contributed by atoms with Crippen LogP contribution in [0.5, 0.6) is 5.75 Å². The second-order valence-electron chi connectivity index (χ2n) is 6.60. The molecule has 1 unspecified atom stereocenters. The first-order valence-electron chi connectivity index (χ1n) is 8.07. The molecule has 0 aliphatic rings. The summed E-state index contributed by atoms with van der Waals surface area (Å²) < 4.78 is 71.8. The first kappa shape index (κ1) is 24.5. The van der Waals surface area contributed by atoms with E-state index in [9.17, 15) is 30.5 Å². The second-order valence-corrected chi connectivity index (χ2v) is 10.7. The zero-order valence-corrected chi connectivity index (χ0v) is 17.2. The number of carboxylic acid groups (broad SMARTS) is 1. The predicted molar refractivity (Wildman–Crippen MR) is 100 cm³/mol. The zero-order valence-electron chi connectivity index (χ0n) is 15.6. The van der Waals surface area contributed by atoms with Gasteiger partial charge in [0.05, 0.1) is 29.4 Å². The van der Waals surface area contributed by atoms with E-state index in [1.807, 2.05) is 0 Å². The number of para-hydroxylation sites is 1. The molecule has 0 amide bonds. The van der Waals surface area contributed by atoms with Crippen molar-refractivity contribution in [3.05, 3.63) is 23.8 Å². The Bertz CT molecular complexity index is 809. The van der Waals surface area contributed by atoms with Gasteiger partial charge in [-0.25, -0.2) is 17.6 Å². The molecule has 12 heteroatoms. The molecular formula is C16H24F3NO6S2. The number of hydrogen-bond donors (Lipinski definition) is 3. The van der Waals surface area contributed by atoms with Crippen LogP contribution in [0.4, 0.5) is 12.2 Å². The molecule has 0 saturated heterocycles. The summed E-state index contributed by atoms with van der Waals surface area (Å²) in [5.41, 5.74) is 4.82. The topological polar surface area (TPSA) is 127 Å². The molecule has 3 atom stereocenters. The van der Waals surface area contributed by atoms with Crippen molar-refractivity contribution >= 4 is 26.6 Å². The molecule has 7 nitrogen and oxygen atoms in total. The number of halogens is 3. The van der Waals surface area contributed by atoms with Gasteiger partial charge in [0.1, 0.15) is 10.6 Å². The third-order valence-electron chi connectivity index (χ3n) is 3.86. The lowest BCUT2D eigenvalue weighted by molar-refractivity contribution is -0.151. The molecule has 0 fully saturated rings. The summed E-state index contributed by atoms with van der Waals surface area (Å²) in [7, 11) is -8.34. The molecule has 0 aliphatic carbocycles. The van der Waals surface area contributed by atoms with Crippen molar-refractivity contribution in [1.29, 1.82) is 0 Å². The zero-order chi connectivity index (χ0) is 21.9. The van der Waals surface area contributed by atoms with E-state index in [2.05, 4.69) is 0 Å². The molecule has 1 aromatic carbocycles. The number of sulfone groups is 1. The van der Waals surface area contributed by atoms with Crippen molar-refractivity contribution in [3.63, 3.8) is 0 Å². The van der Waals surface area contributed by atoms with Crippen LogP contribution >= 0.6 is 10.8 Å². The standard InChI is InChI=1S/C16H24F3NO6S2/c1-10(21)7-8-26-14-11(5-4-6-13(14)28(3,24)25)12(9-27(2,18)19)16(17,20)15(22)23/h4-6,10,12,21H,7-9,20H2,1-3H3,(H,22,23)/t10?,12-,16-/m0/s1. The fourth-order valence-electron chi connectivity index (χ4n) is 2.46. The summed E-state index contributed by atoms with van der Waals surface area (Å²) in [5, 5.41) is 18.5. The Morgan fingerprint density at radius 1 is 1.32 bits per heavy atom. The molecule has 0 aliphatic heterocycles. The second kappa shape index (κ2) is 8.89. The molecule has 0 heterocycles. The highest BCUT2D eigenvalue weighted by Gasteiger charge is 2.48. The fourth-order valence-corrected chi connectivity index (χ4v) is 4.31. The number of aliphatic hydroxyl groups excluding tert-OH is 1. The Balaban J connectivity index is 3.65. The van der Waals surface area contributed by atoms with Crippen LogP contribution < -0.4 is 10.5 Å². The van der Waals surface area contributed by atoms with Gasteiger partial charge in [0.25, 0.3) is 5.79 Å². The van der Waals surface area contributed by atoms with Crippen LogP contribution in [-0.4, -0.2) is 61.4 Å². The van der Waals surface area contributed by atoms with E-state index in [-0.39, 0.29) is 13.0 Å². The molecule has 162 valence electrons. The Morgan fingerprint density at radius 3 is 2.32 bits per heavy atom. The van der Waals surface area contributed by atoms with Gasteiger partial charge in [-0.05, 0) is 13.0 Å². The number of benzene rings is 1. The first-order chi connectivity index (χ1) is 12.6. The normalized spacial score (nSPS) is 17.4. The number of carbonyl (C=O) groups is 1. The van der Waals surface area contributed by atoms with E-state index in [1.54, 1.807) is 0 Å². The molecule has 4 N–H and O–H groups in total. The van der Waals surface area contributed by atoms with E-state index in [4.69, 9.17) is 15.6 Å². The minimum Gasteiger partial charge on any atom is -0.492 e. The average molecular weight is 447 g/mol. The van der Waals surface area contributed by atoms with Crippen molar-refractivity contribution < 1.29 is 40.3 Å². The van der Waals surface area contributed by atoms with Gasteiger partial charge in [-0.1, -0.05) is 12.1 Å². The number of alkyl halides is 1. The molecular weight excluding hydrogens is 423 g/mol. The Hall–Kier alpha value is -1.50. The summed E-state index contributed by atoms with van der Waals surface area (Å²) in [5.74, 6) is -9.49. The highest BCUT2D eigenvalue weighted by atomic mass is 32.3. The number of rotatable bonds is 10. The quantitative estimate of drug-likeness (QED) is 0.470. The molecule has 0 saturated carbocycles. The Kier molecular flexibility index (Phi) is 7.79. The Labute approximate surface area is 163 Å². The number of nitrogens with two attached hydrogens (primary N) is 1. The van der Waals surface area contributed by atoms with Gasteiger partial charge >= 0.3 is 5.97 Å². The number of aliphatic hydroxyl groups is 1. The van der Waals surface area contributed by atoms with Crippen molar-refractivity contribution in [3.8, 4) is 5.75 Å². The number of hydrogen-bond acceptors (Lipinski definition) is 6. The fraction of sp³-hybridized carbons (Fsp3) is 0.562. The van der Waals surface area contributed by atoms with Crippen molar-refractivity contribution in [2.45, 2.75) is 36.1 Å². The number of ether oxygens (including phenoxy) is 1. The summed E-state index contributed by atoms with van der Waals surface area (Å²) in [6.07, 6.45) is 0.652. The number of carboxylic acids is 1. The summed E-state index contributed by atoms with van der Waals surface area (Å²) >= 11 is 0. The minimum absolute atomic E-state index is 0.0692. The lowest BCUT2D eigenvalue weighted by atomic mass is 9.90. The monoisotopic (exact) mass is 447 g/mol. The van der Waals surface area contributed by atoms with Crippen LogP contribution in [0.3, 0.4) is 0 Å². The van der Waals surface area contributed by atoms with Gasteiger partial charge in [0.15, 0.2) is 9.84 Å². The smallest absolute Gasteiger partial charge is 0.357 e. The molecule has 0 radical (unpaired) electrons.